The first-order chi connectivity index (χ1) is 16.4. The quantitative estimate of drug-likeness (QED) is 0.306. The number of oxime groups is 1. The minimum Gasteiger partial charge on any atom is -0.458 e. The fourth-order valence-corrected chi connectivity index (χ4v) is 4.52. The van der Waals surface area contributed by atoms with Crippen LogP contribution in [-0.2, 0) is 25.7 Å². The van der Waals surface area contributed by atoms with Crippen molar-refractivity contribution < 1.29 is 33.7 Å². The van der Waals surface area contributed by atoms with Crippen molar-refractivity contribution in [2.24, 2.45) is 5.16 Å². The molecule has 1 N–H and O–H groups in total. The molecule has 3 aliphatic rings. The summed E-state index contributed by atoms with van der Waals surface area (Å²) >= 11 is 0. The number of aldehydes is 1. The molecule has 1 aromatic carbocycles. The Morgan fingerprint density at radius 2 is 2.06 bits per heavy atom. The van der Waals surface area contributed by atoms with Gasteiger partial charge < -0.3 is 29.1 Å². The molecule has 176 valence electrons. The van der Waals surface area contributed by atoms with Crippen LogP contribution in [0.5, 0.6) is 11.5 Å². The van der Waals surface area contributed by atoms with Gasteiger partial charge in [0.1, 0.15) is 20.0 Å². The minimum absolute atomic E-state index is 0.0548. The van der Waals surface area contributed by atoms with E-state index in [0.29, 0.717) is 41.2 Å². The summed E-state index contributed by atoms with van der Waals surface area (Å²) in [6.45, 7) is 2.09. The highest BCUT2D eigenvalue weighted by Crippen LogP contribution is 2.42. The Bertz CT molecular complexity index is 1310. The van der Waals surface area contributed by atoms with Gasteiger partial charge in [0.05, 0.1) is 23.1 Å². The highest BCUT2D eigenvalue weighted by molar-refractivity contribution is 6.03. The van der Waals surface area contributed by atoms with Gasteiger partial charge in [0.15, 0.2) is 17.1 Å². The molecule has 0 spiro atoms. The zero-order valence-corrected chi connectivity index (χ0v) is 19.0. The summed E-state index contributed by atoms with van der Waals surface area (Å²) in [7, 11) is 3.34. The Kier molecular flexibility index (Phi) is 5.24. The van der Waals surface area contributed by atoms with Gasteiger partial charge >= 0.3 is 5.97 Å². The Balaban J connectivity index is 1.76. The lowest BCUT2D eigenvalue weighted by Gasteiger charge is -2.32. The normalized spacial score (nSPS) is 22.6. The maximum atomic E-state index is 12.4. The van der Waals surface area contributed by atoms with Crippen molar-refractivity contribution >= 4 is 35.1 Å². The van der Waals surface area contributed by atoms with Gasteiger partial charge in [0, 0.05) is 47.3 Å². The molecule has 4 heterocycles. The fraction of sp³-hybridized carbons (Fsp3) is 0.333. The number of carbonyl (C=O) groups is 2. The molecule has 0 aliphatic carbocycles. The second-order valence-corrected chi connectivity index (χ2v) is 8.22. The number of carbonyl (C=O) groups excluding carboxylic acids is 2. The highest BCUT2D eigenvalue weighted by atomic mass is 16.7. The predicted octanol–water partition coefficient (Wildman–Crippen LogP) is 1.92. The lowest BCUT2D eigenvalue weighted by atomic mass is 9.85. The SMILES string of the molecule is CC[C@@]1(O)C(=O)OCC(C=O)=C1/C=C1/c2nc3cc4c(cc3c(/C=N/OC)c2CN1C)OCO4. The zero-order chi connectivity index (χ0) is 24.0. The Labute approximate surface area is 195 Å². The van der Waals surface area contributed by atoms with Crippen LogP contribution in [0.2, 0.25) is 0 Å². The topological polar surface area (TPSA) is 120 Å². The Morgan fingerprint density at radius 3 is 2.76 bits per heavy atom. The number of nitrogens with zero attached hydrogens (tertiary/aromatic N) is 3. The van der Waals surface area contributed by atoms with Gasteiger partial charge in [-0.3, -0.25) is 4.79 Å². The summed E-state index contributed by atoms with van der Waals surface area (Å²) < 4.78 is 16.1. The van der Waals surface area contributed by atoms with E-state index in [1.165, 1.54) is 7.11 Å². The van der Waals surface area contributed by atoms with Crippen LogP contribution >= 0.6 is 0 Å². The highest BCUT2D eigenvalue weighted by Gasteiger charge is 2.44. The summed E-state index contributed by atoms with van der Waals surface area (Å²) in [5.41, 5.74) is 2.13. The molecule has 10 nitrogen and oxygen atoms in total. The monoisotopic (exact) mass is 465 g/mol. The van der Waals surface area contributed by atoms with Crippen molar-refractivity contribution in [1.82, 2.24) is 9.88 Å². The molecule has 0 fully saturated rings. The lowest BCUT2D eigenvalue weighted by molar-refractivity contribution is -0.162. The smallest absolute Gasteiger partial charge is 0.343 e. The molecule has 0 bridgehead atoms. The molecule has 5 rings (SSSR count). The van der Waals surface area contributed by atoms with Crippen molar-refractivity contribution in [2.75, 3.05) is 27.6 Å². The number of benzene rings is 1. The Hall–Kier alpha value is -3.92. The number of cyclic esters (lactones) is 1. The van der Waals surface area contributed by atoms with Crippen LogP contribution in [0, 0.1) is 0 Å². The number of rotatable bonds is 5. The maximum absolute atomic E-state index is 12.4. The molecule has 2 aromatic rings. The summed E-state index contributed by atoms with van der Waals surface area (Å²) in [5, 5.41) is 15.9. The van der Waals surface area contributed by atoms with Gasteiger partial charge in [-0.2, -0.15) is 0 Å². The van der Waals surface area contributed by atoms with Crippen LogP contribution in [0.1, 0.15) is 30.2 Å². The van der Waals surface area contributed by atoms with Crippen LogP contribution < -0.4 is 9.47 Å². The van der Waals surface area contributed by atoms with E-state index in [0.717, 1.165) is 16.5 Å². The molecule has 1 atom stereocenters. The van der Waals surface area contributed by atoms with Crippen LogP contribution in [0.3, 0.4) is 0 Å². The van der Waals surface area contributed by atoms with Crippen molar-refractivity contribution in [1.29, 1.82) is 0 Å². The number of aromatic nitrogens is 1. The van der Waals surface area contributed by atoms with E-state index in [-0.39, 0.29) is 31.0 Å². The molecular formula is C24H23N3O7. The van der Waals surface area contributed by atoms with Gasteiger partial charge in [-0.25, -0.2) is 9.78 Å². The second kappa shape index (κ2) is 8.14. The summed E-state index contributed by atoms with van der Waals surface area (Å²) in [4.78, 5) is 36.0. The van der Waals surface area contributed by atoms with E-state index < -0.39 is 11.6 Å². The Morgan fingerprint density at radius 1 is 1.29 bits per heavy atom. The van der Waals surface area contributed by atoms with Crippen molar-refractivity contribution in [3.05, 3.63) is 46.2 Å². The zero-order valence-electron chi connectivity index (χ0n) is 19.0. The molecule has 0 amide bonds. The summed E-state index contributed by atoms with van der Waals surface area (Å²) in [6, 6.07) is 3.66. The molecule has 0 saturated heterocycles. The van der Waals surface area contributed by atoms with Gasteiger partial charge in [-0.1, -0.05) is 12.1 Å². The number of ether oxygens (including phenoxy) is 3. The van der Waals surface area contributed by atoms with E-state index in [4.69, 9.17) is 24.0 Å². The molecule has 1 aromatic heterocycles. The molecule has 0 saturated carbocycles. The lowest BCUT2D eigenvalue weighted by Crippen LogP contribution is -2.45. The molecule has 34 heavy (non-hydrogen) atoms. The maximum Gasteiger partial charge on any atom is 0.343 e. The predicted molar refractivity (Wildman–Crippen MR) is 121 cm³/mol. The van der Waals surface area contributed by atoms with Crippen LogP contribution in [0.25, 0.3) is 16.6 Å². The van der Waals surface area contributed by atoms with E-state index in [1.807, 2.05) is 18.0 Å². The second-order valence-electron chi connectivity index (χ2n) is 8.22. The van der Waals surface area contributed by atoms with Gasteiger partial charge in [-0.05, 0) is 18.6 Å². The third-order valence-electron chi connectivity index (χ3n) is 6.38. The molecule has 3 aliphatic heterocycles. The third-order valence-corrected chi connectivity index (χ3v) is 6.38. The van der Waals surface area contributed by atoms with Crippen LogP contribution in [0.15, 0.2) is 34.5 Å². The number of hydrogen-bond acceptors (Lipinski definition) is 10. The first-order valence-corrected chi connectivity index (χ1v) is 10.8. The first kappa shape index (κ1) is 21.9. The first-order valence-electron chi connectivity index (χ1n) is 10.8. The van der Waals surface area contributed by atoms with E-state index in [2.05, 4.69) is 5.16 Å². The largest absolute Gasteiger partial charge is 0.458 e. The average Bonchev–Trinajstić information content (AvgIpc) is 3.42. The third kappa shape index (κ3) is 3.21. The van der Waals surface area contributed by atoms with Crippen molar-refractivity contribution in [3.8, 4) is 11.5 Å². The molecular weight excluding hydrogens is 442 g/mol. The summed E-state index contributed by atoms with van der Waals surface area (Å²) in [6.07, 6.45) is 3.94. The molecule has 10 heteroatoms. The van der Waals surface area contributed by atoms with Gasteiger partial charge in [0.2, 0.25) is 6.79 Å². The van der Waals surface area contributed by atoms with Crippen molar-refractivity contribution in [3.63, 3.8) is 0 Å². The van der Waals surface area contributed by atoms with Gasteiger partial charge in [0.25, 0.3) is 0 Å². The van der Waals surface area contributed by atoms with E-state index in [1.54, 1.807) is 25.3 Å². The number of fused-ring (bicyclic) bond motifs is 3. The molecule has 0 radical (unpaired) electrons. The summed E-state index contributed by atoms with van der Waals surface area (Å²) in [5.74, 6) is 0.436. The van der Waals surface area contributed by atoms with E-state index >= 15 is 0 Å². The van der Waals surface area contributed by atoms with Crippen molar-refractivity contribution in [2.45, 2.75) is 25.5 Å². The van der Waals surface area contributed by atoms with Crippen LogP contribution in [0.4, 0.5) is 0 Å². The fourth-order valence-electron chi connectivity index (χ4n) is 4.52. The number of esters is 1. The molecule has 0 unspecified atom stereocenters. The van der Waals surface area contributed by atoms with Gasteiger partial charge in [-0.15, -0.1) is 0 Å². The number of hydrogen-bond donors (Lipinski definition) is 1. The van der Waals surface area contributed by atoms with Crippen LogP contribution in [-0.4, -0.2) is 66.6 Å². The standard InChI is InChI=1S/C24H23N3O7/c1-4-24(30)17(13(10-28)11-32-23(24)29)6-19-22-16(9-27(19)2)15(8-25-31-3)14-5-20-21(34-12-33-20)7-18(14)26-22/h5-8,10,30H,4,9,11-12H2,1-3H3/b19-6-,25-8+/t24-/m0/s1. The minimum atomic E-state index is -1.92. The van der Waals surface area contributed by atoms with E-state index in [9.17, 15) is 14.7 Å². The number of aliphatic hydroxyl groups is 1. The average molecular weight is 465 g/mol. The number of pyridine rings is 1.